The first kappa shape index (κ1) is 15.2. The predicted molar refractivity (Wildman–Crippen MR) is 81.0 cm³/mol. The van der Waals surface area contributed by atoms with Gasteiger partial charge in [0.1, 0.15) is 5.69 Å². The molecule has 1 N–H and O–H groups in total. The van der Waals surface area contributed by atoms with E-state index in [2.05, 4.69) is 17.2 Å². The maximum absolute atomic E-state index is 11.1. The lowest BCUT2D eigenvalue weighted by Crippen LogP contribution is -2.25. The average molecular weight is 288 g/mol. The zero-order chi connectivity index (χ0) is 15.2. The first-order chi connectivity index (χ1) is 10.1. The highest BCUT2D eigenvalue weighted by Gasteiger charge is 2.23. The summed E-state index contributed by atoms with van der Waals surface area (Å²) in [4.78, 5) is 14.5. The van der Waals surface area contributed by atoms with Gasteiger partial charge >= 0.3 is 5.82 Å². The summed E-state index contributed by atoms with van der Waals surface area (Å²) in [5.74, 6) is -0.0586. The molecule has 112 valence electrons. The van der Waals surface area contributed by atoms with Crippen molar-refractivity contribution in [3.05, 3.63) is 58.0 Å². The molecule has 0 fully saturated rings. The molecular weight excluding hydrogens is 268 g/mol. The first-order valence-corrected chi connectivity index (χ1v) is 7.06. The standard InChI is InChI=1S/C15H20N4O2/c1-3-9-16-13(12-7-5-4-6-8-12)10-14-15(19(20)21)17-11-18(14)2/h4-8,11,13,16H,3,9-10H2,1-2H3. The van der Waals surface area contributed by atoms with E-state index in [1.54, 1.807) is 11.6 Å². The van der Waals surface area contributed by atoms with Gasteiger partial charge in [-0.2, -0.15) is 0 Å². The van der Waals surface area contributed by atoms with Gasteiger partial charge in [-0.3, -0.25) is 0 Å². The lowest BCUT2D eigenvalue weighted by molar-refractivity contribution is -0.390. The van der Waals surface area contributed by atoms with E-state index in [4.69, 9.17) is 0 Å². The van der Waals surface area contributed by atoms with Crippen molar-refractivity contribution in [3.63, 3.8) is 0 Å². The summed E-state index contributed by atoms with van der Waals surface area (Å²) in [5, 5.41) is 14.5. The van der Waals surface area contributed by atoms with Crippen LogP contribution in [0.2, 0.25) is 0 Å². The molecule has 0 aliphatic carbocycles. The second-order valence-electron chi connectivity index (χ2n) is 5.00. The number of benzene rings is 1. The molecule has 0 saturated heterocycles. The van der Waals surface area contributed by atoms with Crippen molar-refractivity contribution in [2.24, 2.45) is 7.05 Å². The Morgan fingerprint density at radius 1 is 1.38 bits per heavy atom. The lowest BCUT2D eigenvalue weighted by Gasteiger charge is -2.18. The first-order valence-electron chi connectivity index (χ1n) is 7.06. The van der Waals surface area contributed by atoms with E-state index in [9.17, 15) is 10.1 Å². The Balaban J connectivity index is 2.27. The second kappa shape index (κ2) is 6.99. The Morgan fingerprint density at radius 2 is 2.10 bits per heavy atom. The number of aryl methyl sites for hydroxylation is 1. The number of hydrogen-bond acceptors (Lipinski definition) is 4. The van der Waals surface area contributed by atoms with Gasteiger partial charge in [0.2, 0.25) is 6.33 Å². The molecule has 0 amide bonds. The van der Waals surface area contributed by atoms with Crippen LogP contribution in [0.4, 0.5) is 5.82 Å². The van der Waals surface area contributed by atoms with Crippen molar-refractivity contribution in [3.8, 4) is 0 Å². The van der Waals surface area contributed by atoms with Crippen LogP contribution in [0.5, 0.6) is 0 Å². The molecule has 2 aromatic rings. The number of nitrogens with one attached hydrogen (secondary N) is 1. The van der Waals surface area contributed by atoms with Crippen molar-refractivity contribution in [2.45, 2.75) is 25.8 Å². The van der Waals surface area contributed by atoms with Crippen LogP contribution < -0.4 is 5.32 Å². The molecule has 0 aliphatic heterocycles. The van der Waals surface area contributed by atoms with E-state index < -0.39 is 4.92 Å². The van der Waals surface area contributed by atoms with Gasteiger partial charge in [0.25, 0.3) is 0 Å². The minimum absolute atomic E-state index is 0.0419. The summed E-state index contributed by atoms with van der Waals surface area (Å²) in [6, 6.07) is 10.0. The minimum Gasteiger partial charge on any atom is -0.358 e. The topological polar surface area (TPSA) is 73.0 Å². The third-order valence-corrected chi connectivity index (χ3v) is 3.45. The van der Waals surface area contributed by atoms with Crippen molar-refractivity contribution in [2.75, 3.05) is 6.54 Å². The number of nitrogens with zero attached hydrogens (tertiary/aromatic N) is 3. The third kappa shape index (κ3) is 3.66. The van der Waals surface area contributed by atoms with E-state index in [0.717, 1.165) is 18.5 Å². The van der Waals surface area contributed by atoms with Crippen LogP contribution in [0.1, 0.15) is 30.6 Å². The SMILES string of the molecule is CCCNC(Cc1c([N+](=O)[O-])ncn1C)c1ccccc1. The van der Waals surface area contributed by atoms with Crippen LogP contribution in [-0.2, 0) is 13.5 Å². The molecule has 1 heterocycles. The Bertz CT molecular complexity index is 595. The van der Waals surface area contributed by atoms with Gasteiger partial charge in [0.15, 0.2) is 0 Å². The molecular formula is C15H20N4O2. The summed E-state index contributed by atoms with van der Waals surface area (Å²) in [6.07, 6.45) is 3.04. The van der Waals surface area contributed by atoms with E-state index in [1.165, 1.54) is 6.33 Å². The van der Waals surface area contributed by atoms with Gasteiger partial charge in [0, 0.05) is 19.5 Å². The van der Waals surface area contributed by atoms with Gasteiger partial charge < -0.3 is 20.0 Å². The number of aromatic nitrogens is 2. The lowest BCUT2D eigenvalue weighted by atomic mass is 10.0. The fourth-order valence-electron chi connectivity index (χ4n) is 2.34. The molecule has 21 heavy (non-hydrogen) atoms. The fraction of sp³-hybridized carbons (Fsp3) is 0.400. The molecule has 1 aromatic heterocycles. The smallest absolute Gasteiger partial charge is 0.358 e. The van der Waals surface area contributed by atoms with Crippen LogP contribution in [0, 0.1) is 10.1 Å². The molecule has 1 atom stereocenters. The molecule has 1 unspecified atom stereocenters. The molecule has 0 bridgehead atoms. The zero-order valence-corrected chi connectivity index (χ0v) is 12.3. The summed E-state index contributed by atoms with van der Waals surface area (Å²) in [7, 11) is 1.79. The number of hydrogen-bond donors (Lipinski definition) is 1. The molecule has 1 aromatic carbocycles. The van der Waals surface area contributed by atoms with Crippen LogP contribution in [0.3, 0.4) is 0 Å². The quantitative estimate of drug-likeness (QED) is 0.628. The fourth-order valence-corrected chi connectivity index (χ4v) is 2.34. The summed E-state index contributed by atoms with van der Waals surface area (Å²) >= 11 is 0. The highest BCUT2D eigenvalue weighted by Crippen LogP contribution is 2.23. The number of nitro groups is 1. The van der Waals surface area contributed by atoms with Crippen molar-refractivity contribution in [1.82, 2.24) is 14.9 Å². The van der Waals surface area contributed by atoms with Gasteiger partial charge in [-0.15, -0.1) is 0 Å². The van der Waals surface area contributed by atoms with Gasteiger partial charge in [0.05, 0.1) is 0 Å². The molecule has 6 nitrogen and oxygen atoms in total. The van der Waals surface area contributed by atoms with Gasteiger partial charge in [-0.25, -0.2) is 0 Å². The Hall–Kier alpha value is -2.21. The molecule has 0 saturated carbocycles. The monoisotopic (exact) mass is 288 g/mol. The normalized spacial score (nSPS) is 12.3. The van der Waals surface area contributed by atoms with Crippen LogP contribution in [0.25, 0.3) is 0 Å². The maximum atomic E-state index is 11.1. The minimum atomic E-state index is -0.419. The van der Waals surface area contributed by atoms with Crippen LogP contribution in [0.15, 0.2) is 36.7 Å². The van der Waals surface area contributed by atoms with E-state index in [1.807, 2.05) is 30.3 Å². The molecule has 6 heteroatoms. The van der Waals surface area contributed by atoms with Crippen LogP contribution in [-0.4, -0.2) is 21.0 Å². The Morgan fingerprint density at radius 3 is 2.71 bits per heavy atom. The average Bonchev–Trinajstić information content (AvgIpc) is 2.85. The third-order valence-electron chi connectivity index (χ3n) is 3.45. The molecule has 0 radical (unpaired) electrons. The molecule has 0 aliphatic rings. The summed E-state index contributed by atoms with van der Waals surface area (Å²) < 4.78 is 1.72. The Kier molecular flexibility index (Phi) is 5.05. The van der Waals surface area contributed by atoms with Crippen LogP contribution >= 0.6 is 0 Å². The highest BCUT2D eigenvalue weighted by atomic mass is 16.6. The van der Waals surface area contributed by atoms with E-state index in [-0.39, 0.29) is 11.9 Å². The number of imidazole rings is 1. The largest absolute Gasteiger partial charge is 0.384 e. The van der Waals surface area contributed by atoms with Gasteiger partial charge in [-0.05, 0) is 28.4 Å². The van der Waals surface area contributed by atoms with Crippen molar-refractivity contribution < 1.29 is 4.92 Å². The number of rotatable bonds is 7. The summed E-state index contributed by atoms with van der Waals surface area (Å²) in [5.41, 5.74) is 1.76. The second-order valence-corrected chi connectivity index (χ2v) is 5.00. The Labute approximate surface area is 124 Å². The zero-order valence-electron chi connectivity index (χ0n) is 12.3. The van der Waals surface area contributed by atoms with Crippen molar-refractivity contribution in [1.29, 1.82) is 0 Å². The highest BCUT2D eigenvalue weighted by molar-refractivity contribution is 5.30. The van der Waals surface area contributed by atoms with E-state index >= 15 is 0 Å². The molecule has 2 rings (SSSR count). The van der Waals surface area contributed by atoms with E-state index in [0.29, 0.717) is 12.1 Å². The molecule has 0 spiro atoms. The van der Waals surface area contributed by atoms with Gasteiger partial charge in [-0.1, -0.05) is 37.3 Å². The van der Waals surface area contributed by atoms with Crippen molar-refractivity contribution >= 4 is 5.82 Å². The predicted octanol–water partition coefficient (Wildman–Crippen LogP) is 2.61. The summed E-state index contributed by atoms with van der Waals surface area (Å²) in [6.45, 7) is 2.97. The maximum Gasteiger partial charge on any atom is 0.384 e.